The van der Waals surface area contributed by atoms with Crippen molar-refractivity contribution in [1.82, 2.24) is 0 Å². The van der Waals surface area contributed by atoms with E-state index in [-0.39, 0.29) is 26.2 Å². The molecule has 0 aromatic carbocycles. The van der Waals surface area contributed by atoms with Crippen LogP contribution in [0.2, 0.25) is 0 Å². The summed E-state index contributed by atoms with van der Waals surface area (Å²) in [6.45, 7) is 1.50. The average molecular weight is 357 g/mol. The molecule has 0 spiro atoms. The highest BCUT2D eigenvalue weighted by atomic mass is 79.9. The molecule has 0 amide bonds. The summed E-state index contributed by atoms with van der Waals surface area (Å²) in [7, 11) is -3.44. The zero-order valence-electron chi connectivity index (χ0n) is 7.70. The topological polar surface area (TPSA) is 63.6 Å². The highest BCUT2D eigenvalue weighted by Gasteiger charge is 2.17. The Morgan fingerprint density at radius 1 is 1.27 bits per heavy atom. The first-order valence-corrected chi connectivity index (χ1v) is 7.17. The molecule has 0 saturated carbocycles. The first-order valence-electron chi connectivity index (χ1n) is 3.97. The maximum Gasteiger partial charge on any atom is 0.253 e. The third kappa shape index (κ3) is 3.35. The second-order valence-electron chi connectivity index (χ2n) is 2.70. The summed E-state index contributed by atoms with van der Waals surface area (Å²) in [6.07, 6.45) is 2.75. The van der Waals surface area contributed by atoms with Gasteiger partial charge in [0.25, 0.3) is 10.0 Å². The van der Waals surface area contributed by atoms with Crippen molar-refractivity contribution in [2.75, 3.05) is 5.75 Å². The van der Waals surface area contributed by atoms with E-state index in [4.69, 9.17) is 0 Å². The molecule has 0 N–H and O–H groups in total. The molecule has 7 heteroatoms. The number of Topliss-reactive ketones (excluding diaryl/α,β-unsaturated/α-hetero) is 1. The van der Waals surface area contributed by atoms with Gasteiger partial charge in [-0.2, -0.15) is 4.40 Å². The summed E-state index contributed by atoms with van der Waals surface area (Å²) >= 11 is 6.06. The standard InChI is InChI=1S/C8H7Br2NO3S/c1-2-15(13,14)11-5-3-6(9)8(12)7(10)4-5/h3-4H,2H2,1H3. The van der Waals surface area contributed by atoms with Gasteiger partial charge in [-0.1, -0.05) is 0 Å². The number of hydrogen-bond acceptors (Lipinski definition) is 3. The quantitative estimate of drug-likeness (QED) is 0.710. The number of halogens is 2. The van der Waals surface area contributed by atoms with Crippen LogP contribution in [0.15, 0.2) is 25.5 Å². The van der Waals surface area contributed by atoms with Crippen LogP contribution in [0.25, 0.3) is 0 Å². The molecule has 1 rings (SSSR count). The van der Waals surface area contributed by atoms with Gasteiger partial charge in [0.15, 0.2) is 0 Å². The molecular weight excluding hydrogens is 350 g/mol. The van der Waals surface area contributed by atoms with Crippen molar-refractivity contribution in [3.63, 3.8) is 0 Å². The molecule has 82 valence electrons. The van der Waals surface area contributed by atoms with Gasteiger partial charge in [0, 0.05) is 0 Å². The number of allylic oxidation sites excluding steroid dienone is 4. The fraction of sp³-hybridized carbons (Fsp3) is 0.250. The lowest BCUT2D eigenvalue weighted by molar-refractivity contribution is -0.110. The van der Waals surface area contributed by atoms with Crippen molar-refractivity contribution in [2.24, 2.45) is 4.40 Å². The van der Waals surface area contributed by atoms with E-state index in [1.54, 1.807) is 0 Å². The minimum absolute atomic E-state index is 0.0681. The lowest BCUT2D eigenvalue weighted by Crippen LogP contribution is -2.10. The number of carbonyl (C=O) groups is 1. The van der Waals surface area contributed by atoms with Gasteiger partial charge in [0.2, 0.25) is 5.78 Å². The zero-order chi connectivity index (χ0) is 11.6. The van der Waals surface area contributed by atoms with Crippen molar-refractivity contribution in [1.29, 1.82) is 0 Å². The maximum absolute atomic E-state index is 11.3. The van der Waals surface area contributed by atoms with E-state index in [2.05, 4.69) is 36.3 Å². The number of hydrogen-bond donors (Lipinski definition) is 0. The van der Waals surface area contributed by atoms with Crippen LogP contribution in [0.1, 0.15) is 6.92 Å². The Labute approximate surface area is 104 Å². The summed E-state index contributed by atoms with van der Waals surface area (Å²) in [6, 6.07) is 0. The molecule has 0 aromatic heterocycles. The van der Waals surface area contributed by atoms with Gasteiger partial charge in [-0.25, -0.2) is 8.42 Å². The van der Waals surface area contributed by atoms with Gasteiger partial charge in [-0.15, -0.1) is 0 Å². The zero-order valence-corrected chi connectivity index (χ0v) is 11.7. The Morgan fingerprint density at radius 2 is 1.73 bits per heavy atom. The van der Waals surface area contributed by atoms with E-state index in [1.165, 1.54) is 19.1 Å². The van der Waals surface area contributed by atoms with E-state index in [9.17, 15) is 13.2 Å². The predicted molar refractivity (Wildman–Crippen MR) is 65.9 cm³/mol. The molecule has 4 nitrogen and oxygen atoms in total. The first-order chi connectivity index (χ1) is 6.85. The third-order valence-electron chi connectivity index (χ3n) is 1.59. The molecule has 0 aromatic rings. The summed E-state index contributed by atoms with van der Waals surface area (Å²) in [5.74, 6) is -0.302. The van der Waals surface area contributed by atoms with Crippen LogP contribution in [0.3, 0.4) is 0 Å². The van der Waals surface area contributed by atoms with E-state index in [1.807, 2.05) is 0 Å². The second-order valence-corrected chi connectivity index (χ2v) is 6.33. The van der Waals surface area contributed by atoms with Crippen LogP contribution in [0, 0.1) is 0 Å². The van der Waals surface area contributed by atoms with Crippen molar-refractivity contribution < 1.29 is 13.2 Å². The molecular formula is C8H7Br2NO3S. The Morgan fingerprint density at radius 3 is 2.13 bits per heavy atom. The smallest absolute Gasteiger partial charge is 0.253 e. The molecule has 0 atom stereocenters. The number of ketones is 1. The van der Waals surface area contributed by atoms with Crippen LogP contribution >= 0.6 is 31.9 Å². The lowest BCUT2D eigenvalue weighted by Gasteiger charge is -2.05. The van der Waals surface area contributed by atoms with E-state index in [0.29, 0.717) is 0 Å². The lowest BCUT2D eigenvalue weighted by atomic mass is 10.2. The highest BCUT2D eigenvalue weighted by molar-refractivity contribution is 9.13. The van der Waals surface area contributed by atoms with Gasteiger partial charge in [-0.05, 0) is 50.9 Å². The third-order valence-corrected chi connectivity index (χ3v) is 3.99. The van der Waals surface area contributed by atoms with Crippen LogP contribution in [-0.4, -0.2) is 25.7 Å². The summed E-state index contributed by atoms with van der Waals surface area (Å²) in [4.78, 5) is 11.3. The van der Waals surface area contributed by atoms with Crippen LogP contribution in [0.5, 0.6) is 0 Å². The Kier molecular flexibility index (Phi) is 4.02. The SMILES string of the molecule is CCS(=O)(=O)N=C1C=C(Br)C(=O)C(Br)=C1. The normalized spacial score (nSPS) is 17.3. The number of nitrogens with zero attached hydrogens (tertiary/aromatic N) is 1. The van der Waals surface area contributed by atoms with Gasteiger partial charge >= 0.3 is 0 Å². The molecule has 0 radical (unpaired) electrons. The monoisotopic (exact) mass is 355 g/mol. The van der Waals surface area contributed by atoms with E-state index >= 15 is 0 Å². The summed E-state index contributed by atoms with van der Waals surface area (Å²) in [5.41, 5.74) is 0.232. The minimum atomic E-state index is -3.44. The number of sulfonamides is 1. The molecule has 1 aliphatic carbocycles. The van der Waals surface area contributed by atoms with Crippen LogP contribution < -0.4 is 0 Å². The van der Waals surface area contributed by atoms with Gasteiger partial charge in [-0.3, -0.25) is 4.79 Å². The number of carbonyl (C=O) groups excluding carboxylic acids is 1. The Balaban J connectivity index is 3.17. The Bertz CT molecular complexity index is 464. The van der Waals surface area contributed by atoms with Crippen molar-refractivity contribution in [3.05, 3.63) is 21.1 Å². The van der Waals surface area contributed by atoms with Crippen LogP contribution in [0.4, 0.5) is 0 Å². The van der Waals surface area contributed by atoms with Gasteiger partial charge in [0.1, 0.15) is 0 Å². The maximum atomic E-state index is 11.3. The first kappa shape index (κ1) is 12.8. The summed E-state index contributed by atoms with van der Waals surface area (Å²) < 4.78 is 26.5. The van der Waals surface area contributed by atoms with Crippen molar-refractivity contribution in [3.8, 4) is 0 Å². The molecule has 1 aliphatic rings. The molecule has 0 saturated heterocycles. The highest BCUT2D eigenvalue weighted by Crippen LogP contribution is 2.22. The Hall–Kier alpha value is -0.270. The summed E-state index contributed by atoms with van der Waals surface area (Å²) in [5, 5.41) is 0. The molecule has 0 bridgehead atoms. The molecule has 0 fully saturated rings. The van der Waals surface area contributed by atoms with Crippen molar-refractivity contribution >= 4 is 53.4 Å². The fourth-order valence-corrected chi connectivity index (χ4v) is 2.54. The molecule has 0 aliphatic heterocycles. The number of rotatable bonds is 2. The largest absolute Gasteiger partial charge is 0.287 e. The average Bonchev–Trinajstić information content (AvgIpc) is 2.13. The fourth-order valence-electron chi connectivity index (χ4n) is 0.824. The minimum Gasteiger partial charge on any atom is -0.287 e. The van der Waals surface area contributed by atoms with E-state index in [0.717, 1.165) is 0 Å². The van der Waals surface area contributed by atoms with E-state index < -0.39 is 10.0 Å². The van der Waals surface area contributed by atoms with Gasteiger partial charge in [0.05, 0.1) is 20.4 Å². The molecule has 15 heavy (non-hydrogen) atoms. The van der Waals surface area contributed by atoms with Crippen LogP contribution in [-0.2, 0) is 14.8 Å². The molecule has 0 unspecified atom stereocenters. The van der Waals surface area contributed by atoms with Crippen molar-refractivity contribution in [2.45, 2.75) is 6.92 Å². The second kappa shape index (κ2) is 4.71. The molecule has 0 heterocycles. The predicted octanol–water partition coefficient (Wildman–Crippen LogP) is 1.92. The van der Waals surface area contributed by atoms with Gasteiger partial charge < -0.3 is 0 Å².